The standard InChI is InChI=1S/C27H23N3O3/c1-27(2)24(20-11-5-3-6-12-20)30(26(32)33-27)29(25(31)21-13-7-4-8-14-21)22-17-9-15-19-16-10-18-28-23(19)22/h3-18,24H,1-2H3/t24-/m0/s1. The number of benzene rings is 3. The van der Waals surface area contributed by atoms with Gasteiger partial charge >= 0.3 is 6.09 Å². The van der Waals surface area contributed by atoms with Crippen LogP contribution in [0.5, 0.6) is 0 Å². The number of pyridine rings is 1. The van der Waals surface area contributed by atoms with E-state index in [2.05, 4.69) is 4.98 Å². The zero-order valence-corrected chi connectivity index (χ0v) is 18.4. The highest BCUT2D eigenvalue weighted by molar-refractivity contribution is 6.11. The molecule has 6 nitrogen and oxygen atoms in total. The number of carbonyl (C=O) groups is 2. The van der Waals surface area contributed by atoms with E-state index >= 15 is 0 Å². The molecule has 0 spiro atoms. The van der Waals surface area contributed by atoms with E-state index in [1.165, 1.54) is 10.0 Å². The van der Waals surface area contributed by atoms with Crippen molar-refractivity contribution in [1.29, 1.82) is 0 Å². The Balaban J connectivity index is 1.75. The summed E-state index contributed by atoms with van der Waals surface area (Å²) in [4.78, 5) is 31.8. The zero-order chi connectivity index (χ0) is 23.0. The number of rotatable bonds is 4. The van der Waals surface area contributed by atoms with Crippen molar-refractivity contribution in [3.05, 3.63) is 108 Å². The summed E-state index contributed by atoms with van der Waals surface area (Å²) >= 11 is 0. The molecule has 0 radical (unpaired) electrons. The fourth-order valence-electron chi connectivity index (χ4n) is 4.39. The van der Waals surface area contributed by atoms with Crippen LogP contribution in [0, 0.1) is 0 Å². The van der Waals surface area contributed by atoms with Gasteiger partial charge in [-0.1, -0.05) is 66.7 Å². The van der Waals surface area contributed by atoms with E-state index in [-0.39, 0.29) is 5.91 Å². The molecule has 0 unspecified atom stereocenters. The van der Waals surface area contributed by atoms with Crippen molar-refractivity contribution in [3.63, 3.8) is 0 Å². The van der Waals surface area contributed by atoms with Gasteiger partial charge in [-0.25, -0.2) is 9.80 Å². The number of amides is 2. The van der Waals surface area contributed by atoms with Crippen LogP contribution >= 0.6 is 0 Å². The van der Waals surface area contributed by atoms with Gasteiger partial charge in [0.2, 0.25) is 0 Å². The van der Waals surface area contributed by atoms with E-state index in [9.17, 15) is 9.59 Å². The summed E-state index contributed by atoms with van der Waals surface area (Å²) in [6, 6.07) is 27.4. The zero-order valence-electron chi connectivity index (χ0n) is 18.4. The van der Waals surface area contributed by atoms with Gasteiger partial charge in [0.15, 0.2) is 0 Å². The predicted molar refractivity (Wildman–Crippen MR) is 127 cm³/mol. The number of aromatic nitrogens is 1. The number of para-hydroxylation sites is 1. The third-order valence-electron chi connectivity index (χ3n) is 5.82. The molecule has 1 atom stereocenters. The maximum absolute atomic E-state index is 14.0. The Morgan fingerprint density at radius 2 is 1.58 bits per heavy atom. The first-order valence-electron chi connectivity index (χ1n) is 10.8. The number of hydrogen-bond acceptors (Lipinski definition) is 4. The lowest BCUT2D eigenvalue weighted by molar-refractivity contribution is 0.0672. The van der Waals surface area contributed by atoms with Crippen LogP contribution in [-0.2, 0) is 4.74 Å². The highest BCUT2D eigenvalue weighted by atomic mass is 16.6. The monoisotopic (exact) mass is 437 g/mol. The predicted octanol–water partition coefficient (Wildman–Crippen LogP) is 5.77. The van der Waals surface area contributed by atoms with Crippen LogP contribution in [0.15, 0.2) is 97.2 Å². The molecule has 4 aromatic rings. The molecule has 0 aliphatic carbocycles. The minimum Gasteiger partial charge on any atom is -0.439 e. The average Bonchev–Trinajstić information content (AvgIpc) is 3.08. The maximum Gasteiger partial charge on any atom is 0.430 e. The number of anilines is 1. The lowest BCUT2D eigenvalue weighted by Crippen LogP contribution is -2.50. The topological polar surface area (TPSA) is 62.7 Å². The molecule has 164 valence electrons. The lowest BCUT2D eigenvalue weighted by atomic mass is 9.92. The van der Waals surface area contributed by atoms with E-state index in [1.807, 2.05) is 74.5 Å². The largest absolute Gasteiger partial charge is 0.439 e. The van der Waals surface area contributed by atoms with Crippen molar-refractivity contribution in [3.8, 4) is 0 Å². The first kappa shape index (κ1) is 20.7. The molecule has 1 fully saturated rings. The molecular formula is C27H23N3O3. The number of carbonyl (C=O) groups excluding carboxylic acids is 2. The van der Waals surface area contributed by atoms with Crippen LogP contribution in [-0.4, -0.2) is 27.6 Å². The van der Waals surface area contributed by atoms with Gasteiger partial charge < -0.3 is 4.74 Å². The molecule has 0 saturated carbocycles. The van der Waals surface area contributed by atoms with Crippen LogP contribution in [0.3, 0.4) is 0 Å². The Morgan fingerprint density at radius 3 is 2.30 bits per heavy atom. The van der Waals surface area contributed by atoms with Crippen LogP contribution in [0.4, 0.5) is 10.5 Å². The van der Waals surface area contributed by atoms with E-state index in [1.54, 1.807) is 36.5 Å². The summed E-state index contributed by atoms with van der Waals surface area (Å²) in [5.74, 6) is -0.343. The second-order valence-electron chi connectivity index (χ2n) is 8.46. The van der Waals surface area contributed by atoms with Gasteiger partial charge in [-0.15, -0.1) is 0 Å². The van der Waals surface area contributed by atoms with Crippen molar-refractivity contribution in [2.75, 3.05) is 5.01 Å². The highest BCUT2D eigenvalue weighted by Crippen LogP contribution is 2.44. The van der Waals surface area contributed by atoms with Crippen molar-refractivity contribution in [1.82, 2.24) is 9.99 Å². The van der Waals surface area contributed by atoms with Gasteiger partial charge in [0.1, 0.15) is 11.6 Å². The number of fused-ring (bicyclic) bond motifs is 1. The molecule has 1 saturated heterocycles. The number of cyclic esters (lactones) is 1. The molecule has 0 N–H and O–H groups in total. The minimum absolute atomic E-state index is 0.343. The number of nitrogens with zero attached hydrogens (tertiary/aromatic N) is 3. The summed E-state index contributed by atoms with van der Waals surface area (Å²) in [5, 5.41) is 3.71. The van der Waals surface area contributed by atoms with Gasteiger partial charge in [0.25, 0.3) is 5.91 Å². The maximum atomic E-state index is 14.0. The summed E-state index contributed by atoms with van der Waals surface area (Å²) in [6.45, 7) is 3.71. The van der Waals surface area contributed by atoms with E-state index < -0.39 is 17.7 Å². The van der Waals surface area contributed by atoms with Gasteiger partial charge in [-0.05, 0) is 43.7 Å². The Labute approximate surface area is 192 Å². The third-order valence-corrected chi connectivity index (χ3v) is 5.82. The normalized spacial score (nSPS) is 17.1. The summed E-state index contributed by atoms with van der Waals surface area (Å²) in [6.07, 6.45) is 1.09. The quantitative estimate of drug-likeness (QED) is 0.407. The summed E-state index contributed by atoms with van der Waals surface area (Å²) < 4.78 is 5.80. The molecule has 5 rings (SSSR count). The molecule has 1 aromatic heterocycles. The fraction of sp³-hybridized carbons (Fsp3) is 0.148. The fourth-order valence-corrected chi connectivity index (χ4v) is 4.39. The third kappa shape index (κ3) is 3.59. The lowest BCUT2D eigenvalue weighted by Gasteiger charge is -2.36. The molecule has 3 aromatic carbocycles. The second-order valence-corrected chi connectivity index (χ2v) is 8.46. The number of hydrazine groups is 1. The van der Waals surface area contributed by atoms with Crippen LogP contribution < -0.4 is 5.01 Å². The summed E-state index contributed by atoms with van der Waals surface area (Å²) in [5.41, 5.74) is 1.58. The van der Waals surface area contributed by atoms with E-state index in [0.717, 1.165) is 10.9 Å². The van der Waals surface area contributed by atoms with Crippen LogP contribution in [0.25, 0.3) is 10.9 Å². The van der Waals surface area contributed by atoms with Gasteiger partial charge in [-0.3, -0.25) is 9.78 Å². The molecule has 2 heterocycles. The Kier molecular flexibility index (Phi) is 5.05. The highest BCUT2D eigenvalue weighted by Gasteiger charge is 2.53. The number of ether oxygens (including phenoxy) is 1. The first-order valence-corrected chi connectivity index (χ1v) is 10.8. The van der Waals surface area contributed by atoms with Gasteiger partial charge in [-0.2, -0.15) is 5.01 Å². The van der Waals surface area contributed by atoms with Crippen molar-refractivity contribution in [2.24, 2.45) is 0 Å². The first-order chi connectivity index (χ1) is 16.0. The van der Waals surface area contributed by atoms with Crippen molar-refractivity contribution >= 4 is 28.6 Å². The smallest absolute Gasteiger partial charge is 0.430 e. The van der Waals surface area contributed by atoms with E-state index in [4.69, 9.17) is 4.74 Å². The van der Waals surface area contributed by atoms with E-state index in [0.29, 0.717) is 16.8 Å². The SMILES string of the molecule is CC1(C)OC(=O)N(N(C(=O)c2ccccc2)c2cccc3cccnc23)[C@H]1c1ccccc1. The average molecular weight is 437 g/mol. The van der Waals surface area contributed by atoms with Gasteiger partial charge in [0.05, 0.1) is 11.2 Å². The molecule has 6 heteroatoms. The molecular weight excluding hydrogens is 414 g/mol. The summed E-state index contributed by atoms with van der Waals surface area (Å²) in [7, 11) is 0. The van der Waals surface area contributed by atoms with Gasteiger partial charge in [0, 0.05) is 17.1 Å². The van der Waals surface area contributed by atoms with Crippen LogP contribution in [0.2, 0.25) is 0 Å². The Bertz CT molecular complexity index is 1320. The Hall–Kier alpha value is -4.19. The molecule has 1 aliphatic rings. The Morgan fingerprint density at radius 1 is 0.909 bits per heavy atom. The molecule has 1 aliphatic heterocycles. The molecule has 2 amide bonds. The van der Waals surface area contributed by atoms with Crippen LogP contribution in [0.1, 0.15) is 35.8 Å². The minimum atomic E-state index is -0.869. The van der Waals surface area contributed by atoms with Crippen molar-refractivity contribution in [2.45, 2.75) is 25.5 Å². The molecule has 0 bridgehead atoms. The molecule has 33 heavy (non-hydrogen) atoms. The van der Waals surface area contributed by atoms with Crippen molar-refractivity contribution < 1.29 is 14.3 Å². The number of hydrogen-bond donors (Lipinski definition) is 0. The second kappa shape index (κ2) is 8.06.